The Morgan fingerprint density at radius 3 is 2.19 bits per heavy atom. The molecule has 0 aliphatic rings. The number of methoxy groups -OCH3 is 2. The summed E-state index contributed by atoms with van der Waals surface area (Å²) in [4.78, 5) is 12.9. The van der Waals surface area contributed by atoms with Gasteiger partial charge < -0.3 is 14.8 Å². The summed E-state index contributed by atoms with van der Waals surface area (Å²) in [5, 5.41) is 3.29. The fraction of sp³-hybridized carbons (Fsp3) is 0.136. The molecule has 1 amide bonds. The summed E-state index contributed by atoms with van der Waals surface area (Å²) < 4.78 is 38.5. The Kier molecular flexibility index (Phi) is 7.50. The van der Waals surface area contributed by atoms with E-state index in [2.05, 4.69) is 5.32 Å². The molecule has 0 spiro atoms. The number of carbonyl (C=O) groups excluding carboxylic acids is 1. The molecule has 0 fully saturated rings. The van der Waals surface area contributed by atoms with Crippen molar-refractivity contribution in [3.05, 3.63) is 76.8 Å². The van der Waals surface area contributed by atoms with Crippen LogP contribution in [0.15, 0.2) is 71.6 Å². The molecule has 1 N–H and O–H groups in total. The number of amides is 1. The molecule has 0 aliphatic carbocycles. The van der Waals surface area contributed by atoms with E-state index in [0.29, 0.717) is 21.5 Å². The minimum absolute atomic E-state index is 0.0245. The fourth-order valence-electron chi connectivity index (χ4n) is 2.97. The molecule has 0 unspecified atom stereocenters. The van der Waals surface area contributed by atoms with E-state index in [1.54, 1.807) is 24.3 Å². The van der Waals surface area contributed by atoms with Gasteiger partial charge >= 0.3 is 0 Å². The molecular formula is C22H20Cl2N2O5S. The second kappa shape index (κ2) is 10.1. The van der Waals surface area contributed by atoms with Crippen LogP contribution in [0.3, 0.4) is 0 Å². The Morgan fingerprint density at radius 1 is 0.938 bits per heavy atom. The number of anilines is 2. The van der Waals surface area contributed by atoms with Gasteiger partial charge in [-0.3, -0.25) is 9.10 Å². The highest BCUT2D eigenvalue weighted by molar-refractivity contribution is 7.92. The summed E-state index contributed by atoms with van der Waals surface area (Å²) in [5.41, 5.74) is 0.516. The molecule has 0 saturated heterocycles. The monoisotopic (exact) mass is 494 g/mol. The van der Waals surface area contributed by atoms with Crippen LogP contribution in [0, 0.1) is 0 Å². The molecule has 0 atom stereocenters. The average molecular weight is 495 g/mol. The van der Waals surface area contributed by atoms with Gasteiger partial charge in [0.1, 0.15) is 18.0 Å². The van der Waals surface area contributed by atoms with Crippen molar-refractivity contribution in [1.29, 1.82) is 0 Å². The summed E-state index contributed by atoms with van der Waals surface area (Å²) in [6, 6.07) is 17.0. The van der Waals surface area contributed by atoms with Gasteiger partial charge in [0.2, 0.25) is 5.91 Å². The number of nitrogens with one attached hydrogen (secondary N) is 1. The van der Waals surface area contributed by atoms with Gasteiger partial charge in [0, 0.05) is 21.8 Å². The zero-order chi connectivity index (χ0) is 23.3. The first-order valence-electron chi connectivity index (χ1n) is 9.30. The topological polar surface area (TPSA) is 84.9 Å². The second-order valence-corrected chi connectivity index (χ2v) is 9.30. The first-order valence-corrected chi connectivity index (χ1v) is 11.5. The Bertz CT molecular complexity index is 1200. The molecule has 0 aromatic heterocycles. The third-order valence-electron chi connectivity index (χ3n) is 4.42. The average Bonchev–Trinajstić information content (AvgIpc) is 2.77. The number of ether oxygens (including phenoxy) is 2. The molecule has 32 heavy (non-hydrogen) atoms. The number of carbonyl (C=O) groups is 1. The largest absolute Gasteiger partial charge is 0.497 e. The molecule has 3 rings (SSSR count). The van der Waals surface area contributed by atoms with E-state index >= 15 is 0 Å². The van der Waals surface area contributed by atoms with Crippen LogP contribution in [-0.4, -0.2) is 35.1 Å². The number of nitrogens with zero attached hydrogens (tertiary/aromatic N) is 1. The molecule has 0 heterocycles. The summed E-state index contributed by atoms with van der Waals surface area (Å²) in [7, 11) is -1.23. The molecule has 168 valence electrons. The normalized spacial score (nSPS) is 11.0. The highest BCUT2D eigenvalue weighted by Gasteiger charge is 2.29. The number of rotatable bonds is 8. The zero-order valence-electron chi connectivity index (χ0n) is 17.2. The van der Waals surface area contributed by atoms with Crippen molar-refractivity contribution in [3.8, 4) is 11.5 Å². The van der Waals surface area contributed by atoms with E-state index in [9.17, 15) is 13.2 Å². The van der Waals surface area contributed by atoms with Crippen molar-refractivity contribution in [1.82, 2.24) is 0 Å². The van der Waals surface area contributed by atoms with Gasteiger partial charge in [-0.2, -0.15) is 0 Å². The van der Waals surface area contributed by atoms with E-state index in [-0.39, 0.29) is 16.3 Å². The lowest BCUT2D eigenvalue weighted by Crippen LogP contribution is -2.38. The van der Waals surface area contributed by atoms with Crippen molar-refractivity contribution in [3.63, 3.8) is 0 Å². The summed E-state index contributed by atoms with van der Waals surface area (Å²) >= 11 is 12.0. The van der Waals surface area contributed by atoms with E-state index < -0.39 is 22.5 Å². The Morgan fingerprint density at radius 2 is 1.59 bits per heavy atom. The molecule has 10 heteroatoms. The third-order valence-corrected chi connectivity index (χ3v) is 6.63. The maximum Gasteiger partial charge on any atom is 0.264 e. The lowest BCUT2D eigenvalue weighted by molar-refractivity contribution is -0.114. The highest BCUT2D eigenvalue weighted by Crippen LogP contribution is 2.35. The van der Waals surface area contributed by atoms with Gasteiger partial charge in [0.15, 0.2) is 0 Å². The van der Waals surface area contributed by atoms with Gasteiger partial charge in [-0.1, -0.05) is 41.4 Å². The van der Waals surface area contributed by atoms with Crippen molar-refractivity contribution in [2.45, 2.75) is 4.90 Å². The SMILES string of the molecule is COc1ccc(N(CC(=O)Nc2cc(Cl)cc(Cl)c2)S(=O)(=O)c2ccccc2)c(OC)c1. The number of hydrogen-bond donors (Lipinski definition) is 1. The van der Waals surface area contributed by atoms with Gasteiger partial charge in [0.05, 0.1) is 24.8 Å². The van der Waals surface area contributed by atoms with Crippen LogP contribution < -0.4 is 19.1 Å². The Balaban J connectivity index is 2.02. The van der Waals surface area contributed by atoms with E-state index in [1.165, 1.54) is 56.7 Å². The first kappa shape index (κ1) is 23.7. The van der Waals surface area contributed by atoms with Crippen LogP contribution in [0.25, 0.3) is 0 Å². The molecular weight excluding hydrogens is 475 g/mol. The predicted octanol–water partition coefficient (Wildman–Crippen LogP) is 4.84. The van der Waals surface area contributed by atoms with Crippen molar-refractivity contribution < 1.29 is 22.7 Å². The van der Waals surface area contributed by atoms with Crippen molar-refractivity contribution >= 4 is 50.5 Å². The lowest BCUT2D eigenvalue weighted by Gasteiger charge is -2.26. The third kappa shape index (κ3) is 5.45. The highest BCUT2D eigenvalue weighted by atomic mass is 35.5. The van der Waals surface area contributed by atoms with Gasteiger partial charge in [-0.05, 0) is 42.5 Å². The number of benzene rings is 3. The quantitative estimate of drug-likeness (QED) is 0.483. The molecule has 3 aromatic carbocycles. The van der Waals surface area contributed by atoms with Crippen molar-refractivity contribution in [2.75, 3.05) is 30.4 Å². The maximum absolute atomic E-state index is 13.5. The smallest absolute Gasteiger partial charge is 0.264 e. The van der Waals surface area contributed by atoms with Gasteiger partial charge in [0.25, 0.3) is 10.0 Å². The minimum atomic E-state index is -4.11. The Hall–Kier alpha value is -2.94. The standard InChI is InChI=1S/C22H20Cl2N2O5S/c1-30-18-8-9-20(21(13-18)31-2)26(32(28,29)19-6-4-3-5-7-19)14-22(27)25-17-11-15(23)10-16(24)12-17/h3-13H,14H2,1-2H3,(H,25,27). The molecule has 7 nitrogen and oxygen atoms in total. The minimum Gasteiger partial charge on any atom is -0.497 e. The summed E-state index contributed by atoms with van der Waals surface area (Å²) in [6.07, 6.45) is 0. The lowest BCUT2D eigenvalue weighted by atomic mass is 10.2. The van der Waals surface area contributed by atoms with E-state index in [4.69, 9.17) is 32.7 Å². The number of halogens is 2. The van der Waals surface area contributed by atoms with Crippen molar-refractivity contribution in [2.24, 2.45) is 0 Å². The Labute approximate surface area is 196 Å². The van der Waals surface area contributed by atoms with E-state index in [0.717, 1.165) is 4.31 Å². The first-order chi connectivity index (χ1) is 15.2. The van der Waals surface area contributed by atoms with Crippen LogP contribution in [0.1, 0.15) is 0 Å². The fourth-order valence-corrected chi connectivity index (χ4v) is 4.95. The van der Waals surface area contributed by atoms with Gasteiger partial charge in [-0.15, -0.1) is 0 Å². The molecule has 0 aliphatic heterocycles. The molecule has 0 saturated carbocycles. The summed E-state index contributed by atoms with van der Waals surface area (Å²) in [5.74, 6) is 0.101. The van der Waals surface area contributed by atoms with Crippen LogP contribution in [0.4, 0.5) is 11.4 Å². The van der Waals surface area contributed by atoms with Gasteiger partial charge in [-0.25, -0.2) is 8.42 Å². The molecule has 0 bridgehead atoms. The van der Waals surface area contributed by atoms with E-state index in [1.807, 2.05) is 0 Å². The van der Waals surface area contributed by atoms with Crippen LogP contribution in [0.5, 0.6) is 11.5 Å². The zero-order valence-corrected chi connectivity index (χ0v) is 19.5. The second-order valence-electron chi connectivity index (χ2n) is 6.57. The van der Waals surface area contributed by atoms with Crippen LogP contribution in [0.2, 0.25) is 10.0 Å². The molecule has 0 radical (unpaired) electrons. The predicted molar refractivity (Wildman–Crippen MR) is 126 cm³/mol. The summed E-state index contributed by atoms with van der Waals surface area (Å²) in [6.45, 7) is -0.524. The number of hydrogen-bond acceptors (Lipinski definition) is 5. The molecule has 3 aromatic rings. The van der Waals surface area contributed by atoms with Crippen LogP contribution >= 0.6 is 23.2 Å². The maximum atomic E-state index is 13.5. The number of sulfonamides is 1. The van der Waals surface area contributed by atoms with Crippen LogP contribution in [-0.2, 0) is 14.8 Å².